The van der Waals surface area contributed by atoms with Crippen molar-refractivity contribution in [2.45, 2.75) is 12.8 Å². The van der Waals surface area contributed by atoms with Crippen molar-refractivity contribution in [1.29, 1.82) is 0 Å². The van der Waals surface area contributed by atoms with Crippen LogP contribution >= 0.6 is 0 Å². The monoisotopic (exact) mass is 905 g/mol. The maximum Gasteiger partial charge on any atom is 0.160 e. The number of nitrogens with zero attached hydrogens (tertiary/aromatic N) is 5. The molecule has 0 atom stereocenters. The van der Waals surface area contributed by atoms with Gasteiger partial charge in [0.2, 0.25) is 0 Å². The molecule has 0 spiro atoms. The van der Waals surface area contributed by atoms with E-state index in [1.54, 1.807) is 0 Å². The van der Waals surface area contributed by atoms with Gasteiger partial charge in [0, 0.05) is 65.9 Å². The summed E-state index contributed by atoms with van der Waals surface area (Å²) in [5.74, 6) is 0.707. The lowest BCUT2D eigenvalue weighted by Crippen LogP contribution is -2.07. The Morgan fingerprint density at radius 1 is 0.324 bits per heavy atom. The molecule has 5 nitrogen and oxygen atoms in total. The molecule has 1 aliphatic carbocycles. The lowest BCUT2D eigenvalue weighted by molar-refractivity contribution is 0.936. The van der Waals surface area contributed by atoms with E-state index in [9.17, 15) is 0 Å². The van der Waals surface area contributed by atoms with Crippen LogP contribution in [-0.2, 0) is 6.42 Å². The smallest absolute Gasteiger partial charge is 0.160 e. The van der Waals surface area contributed by atoms with Gasteiger partial charge in [-0.3, -0.25) is 0 Å². The molecule has 0 radical (unpaired) electrons. The predicted molar refractivity (Wildman–Crippen MR) is 296 cm³/mol. The zero-order chi connectivity index (χ0) is 46.6. The highest BCUT2D eigenvalue weighted by Gasteiger charge is 2.25. The SMILES string of the molecule is C1=C(n2c3ccccc3c3ccccc32)CCc2c1n(-c1ccc(-c3nc(-c4ccc(-c5ccccc5)cc4)nc4c3ccc3ccccc34)cc1)c1cc(-n3c4ccccc4c4ccccc43)ccc21. The number of rotatable bonds is 6. The Balaban J connectivity index is 0.933. The number of fused-ring (bicyclic) bond motifs is 12. The first kappa shape index (κ1) is 39.7. The van der Waals surface area contributed by atoms with Crippen LogP contribution in [0.3, 0.4) is 0 Å². The van der Waals surface area contributed by atoms with Gasteiger partial charge in [-0.25, -0.2) is 9.97 Å². The molecule has 14 aromatic rings. The summed E-state index contributed by atoms with van der Waals surface area (Å²) in [5.41, 5.74) is 18.4. The quantitative estimate of drug-likeness (QED) is 0.156. The fourth-order valence-corrected chi connectivity index (χ4v) is 11.7. The fraction of sp³-hybridized carbons (Fsp3) is 0.0303. The van der Waals surface area contributed by atoms with Crippen molar-refractivity contribution in [2.24, 2.45) is 0 Å². The second-order valence-corrected chi connectivity index (χ2v) is 18.8. The number of allylic oxidation sites excluding steroid dienone is 1. The van der Waals surface area contributed by atoms with Crippen molar-refractivity contribution in [3.8, 4) is 45.1 Å². The van der Waals surface area contributed by atoms with E-state index >= 15 is 0 Å². The minimum Gasteiger partial charge on any atom is -0.313 e. The molecule has 4 heterocycles. The number of hydrogen-bond acceptors (Lipinski definition) is 2. The number of aryl methyl sites for hydroxylation is 1. The Morgan fingerprint density at radius 2 is 0.845 bits per heavy atom. The predicted octanol–water partition coefficient (Wildman–Crippen LogP) is 16.9. The van der Waals surface area contributed by atoms with Gasteiger partial charge in [-0.05, 0) is 95.6 Å². The maximum absolute atomic E-state index is 5.41. The van der Waals surface area contributed by atoms with Crippen LogP contribution in [0.1, 0.15) is 17.7 Å². The Hall–Kier alpha value is -9.32. The lowest BCUT2D eigenvalue weighted by Gasteiger charge is -2.19. The first-order valence-electron chi connectivity index (χ1n) is 24.5. The first-order valence-corrected chi connectivity index (χ1v) is 24.5. The number of aromatic nitrogens is 5. The Labute approximate surface area is 409 Å². The largest absolute Gasteiger partial charge is 0.313 e. The summed E-state index contributed by atoms with van der Waals surface area (Å²) < 4.78 is 7.43. The molecule has 5 heteroatoms. The van der Waals surface area contributed by atoms with E-state index in [2.05, 4.69) is 250 Å². The van der Waals surface area contributed by atoms with Gasteiger partial charge in [-0.15, -0.1) is 0 Å². The molecule has 15 rings (SSSR count). The average Bonchev–Trinajstić information content (AvgIpc) is 4.08. The topological polar surface area (TPSA) is 40.6 Å². The van der Waals surface area contributed by atoms with Crippen LogP contribution in [0.2, 0.25) is 0 Å². The molecule has 0 saturated carbocycles. The van der Waals surface area contributed by atoms with Gasteiger partial charge < -0.3 is 13.7 Å². The highest BCUT2D eigenvalue weighted by atomic mass is 15.0. The third-order valence-electron chi connectivity index (χ3n) is 15.0. The highest BCUT2D eigenvalue weighted by Crippen LogP contribution is 2.43. The third-order valence-corrected chi connectivity index (χ3v) is 15.0. The van der Waals surface area contributed by atoms with Crippen molar-refractivity contribution in [3.05, 3.63) is 242 Å². The van der Waals surface area contributed by atoms with Crippen LogP contribution in [0.5, 0.6) is 0 Å². The van der Waals surface area contributed by atoms with E-state index in [0.717, 1.165) is 68.3 Å². The lowest BCUT2D eigenvalue weighted by atomic mass is 9.98. The highest BCUT2D eigenvalue weighted by molar-refractivity contribution is 6.13. The molecular weight excluding hydrogens is 863 g/mol. The van der Waals surface area contributed by atoms with Crippen LogP contribution in [0.4, 0.5) is 0 Å². The van der Waals surface area contributed by atoms with E-state index in [1.165, 1.54) is 77.0 Å². The summed E-state index contributed by atoms with van der Waals surface area (Å²) >= 11 is 0. The van der Waals surface area contributed by atoms with Gasteiger partial charge in [-0.1, -0.05) is 176 Å². The molecule has 332 valence electrons. The zero-order valence-corrected chi connectivity index (χ0v) is 38.7. The molecule has 0 bridgehead atoms. The van der Waals surface area contributed by atoms with Crippen molar-refractivity contribution in [2.75, 3.05) is 0 Å². The van der Waals surface area contributed by atoms with E-state index in [-0.39, 0.29) is 0 Å². The summed E-state index contributed by atoms with van der Waals surface area (Å²) in [6, 6.07) is 83.5. The molecule has 4 aromatic heterocycles. The Morgan fingerprint density at radius 3 is 1.51 bits per heavy atom. The maximum atomic E-state index is 5.41. The van der Waals surface area contributed by atoms with E-state index in [0.29, 0.717) is 5.82 Å². The van der Waals surface area contributed by atoms with Crippen LogP contribution < -0.4 is 0 Å². The summed E-state index contributed by atoms with van der Waals surface area (Å²) in [6.45, 7) is 0. The Bertz CT molecular complexity index is 4390. The minimum atomic E-state index is 0.707. The second-order valence-electron chi connectivity index (χ2n) is 18.8. The van der Waals surface area contributed by atoms with E-state index in [4.69, 9.17) is 9.97 Å². The van der Waals surface area contributed by atoms with Crippen molar-refractivity contribution in [1.82, 2.24) is 23.7 Å². The van der Waals surface area contributed by atoms with Crippen LogP contribution in [0.25, 0.3) is 133 Å². The molecule has 0 saturated heterocycles. The van der Waals surface area contributed by atoms with Gasteiger partial charge in [0.05, 0.1) is 44.5 Å². The zero-order valence-electron chi connectivity index (χ0n) is 38.7. The standard InChI is InChI=1S/C66H43N5/c1-2-14-42(15-3-1)43-26-28-46(29-27-43)66-67-64(57-37-32-44-16-4-5-17-50(44)65(57)68-66)45-30-33-47(34-31-45)69-62-40-48(70-58-22-10-6-18-51(58)52-19-7-11-23-59(52)70)35-38-55(62)56-39-36-49(41-63(56)69)71-60-24-12-8-20-53(60)54-21-9-13-25-61(54)71/h1-35,37-38,40-41H,36,39H2. The molecule has 10 aromatic carbocycles. The second kappa shape index (κ2) is 15.6. The molecule has 1 aliphatic rings. The normalized spacial score (nSPS) is 12.8. The van der Waals surface area contributed by atoms with Gasteiger partial charge in [0.15, 0.2) is 5.82 Å². The fourth-order valence-electron chi connectivity index (χ4n) is 11.7. The minimum absolute atomic E-state index is 0.707. The molecule has 0 amide bonds. The van der Waals surface area contributed by atoms with E-state index < -0.39 is 0 Å². The number of hydrogen-bond donors (Lipinski definition) is 0. The van der Waals surface area contributed by atoms with Crippen LogP contribution in [0, 0.1) is 0 Å². The molecule has 0 aliphatic heterocycles. The number of benzene rings is 10. The molecule has 0 fully saturated rings. The Kier molecular flexibility index (Phi) is 8.72. The molecule has 71 heavy (non-hydrogen) atoms. The van der Waals surface area contributed by atoms with Crippen LogP contribution in [-0.4, -0.2) is 23.7 Å². The summed E-state index contributed by atoms with van der Waals surface area (Å²) in [6.07, 6.45) is 4.31. The van der Waals surface area contributed by atoms with E-state index in [1.807, 2.05) is 0 Å². The summed E-state index contributed by atoms with van der Waals surface area (Å²) in [5, 5.41) is 9.64. The van der Waals surface area contributed by atoms with Crippen LogP contribution in [0.15, 0.2) is 231 Å². The molecule has 0 N–H and O–H groups in total. The van der Waals surface area contributed by atoms with Gasteiger partial charge >= 0.3 is 0 Å². The van der Waals surface area contributed by atoms with Crippen molar-refractivity contribution >= 4 is 88.0 Å². The van der Waals surface area contributed by atoms with Gasteiger partial charge in [0.25, 0.3) is 0 Å². The third kappa shape index (κ3) is 6.13. The summed E-state index contributed by atoms with van der Waals surface area (Å²) in [4.78, 5) is 10.7. The molecular formula is C66H43N5. The van der Waals surface area contributed by atoms with Gasteiger partial charge in [0.1, 0.15) is 0 Å². The van der Waals surface area contributed by atoms with Gasteiger partial charge in [-0.2, -0.15) is 0 Å². The van der Waals surface area contributed by atoms with Crippen molar-refractivity contribution < 1.29 is 0 Å². The number of para-hydroxylation sites is 4. The first-order chi connectivity index (χ1) is 35.2. The molecule has 0 unspecified atom stereocenters. The summed E-state index contributed by atoms with van der Waals surface area (Å²) in [7, 11) is 0. The average molecular weight is 906 g/mol. The van der Waals surface area contributed by atoms with Crippen molar-refractivity contribution in [3.63, 3.8) is 0 Å².